The van der Waals surface area contributed by atoms with Crippen LogP contribution in [0.15, 0.2) is 12.1 Å². The van der Waals surface area contributed by atoms with Gasteiger partial charge in [-0.2, -0.15) is 0 Å². The predicted molar refractivity (Wildman–Crippen MR) is 60.5 cm³/mol. The van der Waals surface area contributed by atoms with Gasteiger partial charge in [-0.15, -0.1) is 0 Å². The van der Waals surface area contributed by atoms with E-state index in [1.807, 2.05) is 26.0 Å². The molecule has 0 bridgehead atoms. The van der Waals surface area contributed by atoms with Crippen LogP contribution < -0.4 is 15.4 Å². The average molecular weight is 208 g/mol. The first-order valence-electron chi connectivity index (χ1n) is 4.65. The normalized spacial score (nSPS) is 9.87. The van der Waals surface area contributed by atoms with Crippen LogP contribution in [-0.2, 0) is 0 Å². The Balaban J connectivity index is 3.27. The number of anilines is 1. The van der Waals surface area contributed by atoms with Crippen molar-refractivity contribution in [3.05, 3.63) is 23.3 Å². The number of benzene rings is 1. The number of urea groups is 1. The van der Waals surface area contributed by atoms with Crippen molar-refractivity contribution in [2.45, 2.75) is 13.8 Å². The van der Waals surface area contributed by atoms with Crippen molar-refractivity contribution in [2.24, 2.45) is 5.73 Å². The molecule has 2 amide bonds. The number of aryl methyl sites for hydroxylation is 2. The van der Waals surface area contributed by atoms with Crippen molar-refractivity contribution in [1.29, 1.82) is 0 Å². The van der Waals surface area contributed by atoms with E-state index in [0.29, 0.717) is 11.4 Å². The molecule has 0 aliphatic carbocycles. The number of hydrogen-bond donors (Lipinski definition) is 1. The van der Waals surface area contributed by atoms with Gasteiger partial charge in [-0.05, 0) is 37.1 Å². The Morgan fingerprint density at radius 2 is 1.87 bits per heavy atom. The molecule has 0 aliphatic rings. The highest BCUT2D eigenvalue weighted by Gasteiger charge is 2.13. The van der Waals surface area contributed by atoms with Crippen molar-refractivity contribution in [3.63, 3.8) is 0 Å². The second-order valence-corrected chi connectivity index (χ2v) is 3.51. The van der Waals surface area contributed by atoms with Crippen LogP contribution in [0.3, 0.4) is 0 Å². The maximum atomic E-state index is 11.1. The van der Waals surface area contributed by atoms with Gasteiger partial charge >= 0.3 is 6.03 Å². The second-order valence-electron chi connectivity index (χ2n) is 3.51. The predicted octanol–water partition coefficient (Wildman–Crippen LogP) is 1.83. The molecule has 0 unspecified atom stereocenters. The van der Waals surface area contributed by atoms with Gasteiger partial charge in [-0.3, -0.25) is 4.90 Å². The summed E-state index contributed by atoms with van der Waals surface area (Å²) in [5.74, 6) is 0.652. The Labute approximate surface area is 89.6 Å². The first-order chi connectivity index (χ1) is 6.97. The third-order valence-corrected chi connectivity index (χ3v) is 2.49. The molecule has 1 rings (SSSR count). The summed E-state index contributed by atoms with van der Waals surface area (Å²) < 4.78 is 5.20. The van der Waals surface area contributed by atoms with Crippen molar-refractivity contribution in [1.82, 2.24) is 0 Å². The molecule has 0 heterocycles. The number of nitrogens with zero attached hydrogens (tertiary/aromatic N) is 1. The molecule has 0 fully saturated rings. The quantitative estimate of drug-likeness (QED) is 0.806. The van der Waals surface area contributed by atoms with E-state index in [1.54, 1.807) is 14.2 Å². The molecule has 15 heavy (non-hydrogen) atoms. The van der Waals surface area contributed by atoms with Crippen LogP contribution in [0.4, 0.5) is 10.5 Å². The lowest BCUT2D eigenvalue weighted by Gasteiger charge is -2.19. The zero-order valence-corrected chi connectivity index (χ0v) is 9.50. The van der Waals surface area contributed by atoms with Gasteiger partial charge in [0.25, 0.3) is 0 Å². The molecule has 1 aromatic rings. The minimum atomic E-state index is -0.503. The van der Waals surface area contributed by atoms with E-state index >= 15 is 0 Å². The van der Waals surface area contributed by atoms with Crippen molar-refractivity contribution in [3.8, 4) is 5.75 Å². The Hall–Kier alpha value is -1.71. The van der Waals surface area contributed by atoms with Gasteiger partial charge in [0, 0.05) is 7.05 Å². The molecule has 0 aromatic heterocycles. The van der Waals surface area contributed by atoms with Gasteiger partial charge in [-0.1, -0.05) is 0 Å². The molecule has 0 aliphatic heterocycles. The summed E-state index contributed by atoms with van der Waals surface area (Å²) in [4.78, 5) is 12.4. The lowest BCUT2D eigenvalue weighted by atomic mass is 10.1. The van der Waals surface area contributed by atoms with Crippen LogP contribution in [0.1, 0.15) is 11.1 Å². The lowest BCUT2D eigenvalue weighted by molar-refractivity contribution is 0.255. The molecule has 4 nitrogen and oxygen atoms in total. The topological polar surface area (TPSA) is 55.6 Å². The molecule has 0 atom stereocenters. The number of ether oxygens (including phenoxy) is 1. The third-order valence-electron chi connectivity index (χ3n) is 2.49. The van der Waals surface area contributed by atoms with Crippen LogP contribution in [-0.4, -0.2) is 20.2 Å². The average Bonchev–Trinajstić information content (AvgIpc) is 2.20. The summed E-state index contributed by atoms with van der Waals surface area (Å²) in [6.45, 7) is 3.97. The van der Waals surface area contributed by atoms with Gasteiger partial charge < -0.3 is 10.5 Å². The summed E-state index contributed by atoms with van der Waals surface area (Å²) in [5.41, 5.74) is 8.11. The molecule has 0 radical (unpaired) electrons. The third kappa shape index (κ3) is 2.21. The summed E-state index contributed by atoms with van der Waals surface area (Å²) in [6.07, 6.45) is 0. The van der Waals surface area contributed by atoms with E-state index in [1.165, 1.54) is 4.90 Å². The number of carbonyl (C=O) groups excluding carboxylic acids is 1. The first-order valence-corrected chi connectivity index (χ1v) is 4.65. The molecular weight excluding hydrogens is 192 g/mol. The smallest absolute Gasteiger partial charge is 0.319 e. The molecule has 4 heteroatoms. The van der Waals surface area contributed by atoms with Gasteiger partial charge in [0.2, 0.25) is 0 Å². The summed E-state index contributed by atoms with van der Waals surface area (Å²) >= 11 is 0. The summed E-state index contributed by atoms with van der Waals surface area (Å²) in [7, 11) is 3.19. The fourth-order valence-electron chi connectivity index (χ4n) is 1.32. The van der Waals surface area contributed by atoms with E-state index in [9.17, 15) is 4.79 Å². The number of carbonyl (C=O) groups is 1. The highest BCUT2D eigenvalue weighted by Crippen LogP contribution is 2.30. The number of hydrogen-bond acceptors (Lipinski definition) is 2. The Kier molecular flexibility index (Phi) is 3.19. The van der Waals surface area contributed by atoms with E-state index < -0.39 is 6.03 Å². The van der Waals surface area contributed by atoms with E-state index in [-0.39, 0.29) is 0 Å². The van der Waals surface area contributed by atoms with Crippen molar-refractivity contribution < 1.29 is 9.53 Å². The van der Waals surface area contributed by atoms with Crippen LogP contribution >= 0.6 is 0 Å². The first kappa shape index (κ1) is 11.4. The largest absolute Gasteiger partial charge is 0.495 e. The molecule has 0 saturated heterocycles. The Morgan fingerprint density at radius 3 is 2.33 bits per heavy atom. The fraction of sp³-hybridized carbons (Fsp3) is 0.364. The van der Waals surface area contributed by atoms with Crippen LogP contribution in [0, 0.1) is 13.8 Å². The van der Waals surface area contributed by atoms with Crippen LogP contribution in [0.25, 0.3) is 0 Å². The van der Waals surface area contributed by atoms with Gasteiger partial charge in [0.05, 0.1) is 12.8 Å². The number of rotatable bonds is 2. The van der Waals surface area contributed by atoms with E-state index in [2.05, 4.69) is 0 Å². The molecule has 1 aromatic carbocycles. The van der Waals surface area contributed by atoms with Gasteiger partial charge in [0.15, 0.2) is 0 Å². The number of primary amides is 1. The Bertz CT molecular complexity index is 388. The number of amides is 2. The SMILES string of the molecule is COc1cc(C)c(C)cc1N(C)C(N)=O. The standard InChI is InChI=1S/C11H16N2O2/c1-7-5-9(13(3)11(12)14)10(15-4)6-8(7)2/h5-6H,1-4H3,(H2,12,14). The molecule has 0 spiro atoms. The zero-order valence-electron chi connectivity index (χ0n) is 9.50. The molecule has 0 saturated carbocycles. The number of nitrogens with two attached hydrogens (primary N) is 1. The summed E-state index contributed by atoms with van der Waals surface area (Å²) in [5, 5.41) is 0. The van der Waals surface area contributed by atoms with Crippen LogP contribution in [0.2, 0.25) is 0 Å². The minimum absolute atomic E-state index is 0.503. The fourth-order valence-corrected chi connectivity index (χ4v) is 1.32. The molecule has 82 valence electrons. The minimum Gasteiger partial charge on any atom is -0.495 e. The van der Waals surface area contributed by atoms with Crippen LogP contribution in [0.5, 0.6) is 5.75 Å². The molecule has 2 N–H and O–H groups in total. The van der Waals surface area contributed by atoms with Crippen molar-refractivity contribution >= 4 is 11.7 Å². The monoisotopic (exact) mass is 208 g/mol. The lowest BCUT2D eigenvalue weighted by Crippen LogP contribution is -2.32. The van der Waals surface area contributed by atoms with Crippen molar-refractivity contribution in [2.75, 3.05) is 19.1 Å². The molecular formula is C11H16N2O2. The van der Waals surface area contributed by atoms with Gasteiger partial charge in [0.1, 0.15) is 5.75 Å². The highest BCUT2D eigenvalue weighted by atomic mass is 16.5. The van der Waals surface area contributed by atoms with E-state index in [4.69, 9.17) is 10.5 Å². The maximum Gasteiger partial charge on any atom is 0.319 e. The number of methoxy groups -OCH3 is 1. The van der Waals surface area contributed by atoms with Gasteiger partial charge in [-0.25, -0.2) is 4.79 Å². The summed E-state index contributed by atoms with van der Waals surface area (Å²) in [6, 6.07) is 3.28. The Morgan fingerprint density at radius 1 is 1.33 bits per heavy atom. The second kappa shape index (κ2) is 4.21. The maximum absolute atomic E-state index is 11.1. The highest BCUT2D eigenvalue weighted by molar-refractivity contribution is 5.92. The van der Waals surface area contributed by atoms with E-state index in [0.717, 1.165) is 11.1 Å². The zero-order chi connectivity index (χ0) is 11.6.